The standard InChI is InChI=1S/C45H27N3O2/c1-4-12-28(13-5-1)37-24-33(27-41-42(37)36-18-10-11-19-38(36)49-41)31-20-22-34-35-23-21-32(26-40(35)50-39(34)25-31)45-47-43(29-14-6-2-7-15-29)46-44(48-45)30-16-8-3-9-17-30/h1-27H/i1D,4D,5D,10D,11D,12D,13D,18D,19D,24D,27D. The third kappa shape index (κ3) is 4.75. The Hall–Kier alpha value is -6.85. The van der Waals surface area contributed by atoms with Gasteiger partial charge in [-0.3, -0.25) is 0 Å². The van der Waals surface area contributed by atoms with Gasteiger partial charge in [0.05, 0.1) is 15.1 Å². The summed E-state index contributed by atoms with van der Waals surface area (Å²) in [6.07, 6.45) is 0. The lowest BCUT2D eigenvalue weighted by Crippen LogP contribution is -2.00. The van der Waals surface area contributed by atoms with E-state index in [0.29, 0.717) is 45.2 Å². The molecule has 0 amide bonds. The number of hydrogen-bond acceptors (Lipinski definition) is 5. The van der Waals surface area contributed by atoms with E-state index >= 15 is 0 Å². The van der Waals surface area contributed by atoms with Gasteiger partial charge in [-0.2, -0.15) is 0 Å². The fraction of sp³-hybridized carbons (Fsp3) is 0. The van der Waals surface area contributed by atoms with Crippen molar-refractivity contribution in [1.82, 2.24) is 15.0 Å². The Bertz CT molecular complexity index is 3410. The van der Waals surface area contributed by atoms with Crippen molar-refractivity contribution >= 4 is 43.9 Å². The largest absolute Gasteiger partial charge is 0.456 e. The molecule has 5 heteroatoms. The first kappa shape index (κ1) is 19.2. The molecule has 0 atom stereocenters. The minimum Gasteiger partial charge on any atom is -0.456 e. The van der Waals surface area contributed by atoms with Gasteiger partial charge in [-0.05, 0) is 64.6 Å². The van der Waals surface area contributed by atoms with Gasteiger partial charge in [0, 0.05) is 38.2 Å². The summed E-state index contributed by atoms with van der Waals surface area (Å²) in [5.74, 6) is 1.42. The Kier molecular flexibility index (Phi) is 4.38. The number of hydrogen-bond donors (Lipinski definition) is 0. The van der Waals surface area contributed by atoms with Crippen LogP contribution in [0.1, 0.15) is 15.1 Å². The van der Waals surface area contributed by atoms with Crippen molar-refractivity contribution in [2.75, 3.05) is 0 Å². The maximum absolute atomic E-state index is 9.63. The van der Waals surface area contributed by atoms with Gasteiger partial charge < -0.3 is 8.83 Å². The number of para-hydroxylation sites is 1. The zero-order valence-electron chi connectivity index (χ0n) is 36.9. The molecule has 5 nitrogen and oxygen atoms in total. The van der Waals surface area contributed by atoms with Crippen molar-refractivity contribution < 1.29 is 23.9 Å². The molecule has 0 fully saturated rings. The van der Waals surface area contributed by atoms with Crippen molar-refractivity contribution in [3.8, 4) is 56.4 Å². The molecular weight excluding hydrogens is 615 g/mol. The van der Waals surface area contributed by atoms with Crippen molar-refractivity contribution in [3.63, 3.8) is 0 Å². The first-order chi connectivity index (χ1) is 29.3. The van der Waals surface area contributed by atoms with Crippen molar-refractivity contribution in [2.45, 2.75) is 0 Å². The van der Waals surface area contributed by atoms with E-state index in [0.717, 1.165) is 16.5 Å². The molecule has 7 aromatic carbocycles. The molecule has 50 heavy (non-hydrogen) atoms. The minimum atomic E-state index is -0.664. The van der Waals surface area contributed by atoms with Crippen LogP contribution in [0.25, 0.3) is 100 Å². The van der Waals surface area contributed by atoms with E-state index in [2.05, 4.69) is 0 Å². The summed E-state index contributed by atoms with van der Waals surface area (Å²) in [4.78, 5) is 14.5. The number of aromatic nitrogens is 3. The monoisotopic (exact) mass is 652 g/mol. The third-order valence-corrected chi connectivity index (χ3v) is 8.54. The van der Waals surface area contributed by atoms with Crippen LogP contribution in [-0.2, 0) is 0 Å². The lowest BCUT2D eigenvalue weighted by Gasteiger charge is -2.09. The Morgan fingerprint density at radius 1 is 0.400 bits per heavy atom. The third-order valence-electron chi connectivity index (χ3n) is 8.54. The van der Waals surface area contributed by atoms with Crippen LogP contribution in [0.3, 0.4) is 0 Å². The summed E-state index contributed by atoms with van der Waals surface area (Å²) in [5, 5.41) is 1.16. The minimum absolute atomic E-state index is 0.0428. The molecule has 0 saturated carbocycles. The zero-order valence-corrected chi connectivity index (χ0v) is 25.9. The maximum atomic E-state index is 9.63. The zero-order chi connectivity index (χ0) is 42.6. The van der Waals surface area contributed by atoms with Gasteiger partial charge in [0.2, 0.25) is 0 Å². The smallest absolute Gasteiger partial charge is 0.164 e. The summed E-state index contributed by atoms with van der Waals surface area (Å²) in [5.41, 5.74) is 2.30. The average molecular weight is 653 g/mol. The molecule has 0 aliphatic carbocycles. The van der Waals surface area contributed by atoms with Crippen LogP contribution in [0, 0.1) is 0 Å². The fourth-order valence-corrected chi connectivity index (χ4v) is 6.20. The molecule has 3 aromatic heterocycles. The van der Waals surface area contributed by atoms with Crippen LogP contribution in [0.15, 0.2) is 172 Å². The molecule has 3 heterocycles. The second-order valence-corrected chi connectivity index (χ2v) is 11.6. The van der Waals surface area contributed by atoms with E-state index < -0.39 is 60.4 Å². The topological polar surface area (TPSA) is 65.0 Å². The highest BCUT2D eigenvalue weighted by molar-refractivity contribution is 6.14. The highest BCUT2D eigenvalue weighted by atomic mass is 16.3. The Labute approximate surface area is 302 Å². The summed E-state index contributed by atoms with van der Waals surface area (Å²) in [6, 6.07) is 23.7. The van der Waals surface area contributed by atoms with E-state index in [1.165, 1.54) is 0 Å². The van der Waals surface area contributed by atoms with Crippen LogP contribution < -0.4 is 0 Å². The van der Waals surface area contributed by atoms with Crippen LogP contribution >= 0.6 is 0 Å². The summed E-state index contributed by atoms with van der Waals surface area (Å²) < 4.78 is 108. The Morgan fingerprint density at radius 2 is 0.960 bits per heavy atom. The van der Waals surface area contributed by atoms with Gasteiger partial charge >= 0.3 is 0 Å². The van der Waals surface area contributed by atoms with Crippen LogP contribution in [0.2, 0.25) is 0 Å². The Morgan fingerprint density at radius 3 is 1.64 bits per heavy atom. The molecule has 0 radical (unpaired) electrons. The number of furan rings is 2. The van der Waals surface area contributed by atoms with Gasteiger partial charge in [-0.15, -0.1) is 0 Å². The van der Waals surface area contributed by atoms with Crippen molar-refractivity contribution in [1.29, 1.82) is 0 Å². The predicted octanol–water partition coefficient (Wildman–Crippen LogP) is 12.0. The van der Waals surface area contributed by atoms with Gasteiger partial charge in [0.25, 0.3) is 0 Å². The second kappa shape index (κ2) is 11.4. The highest BCUT2D eigenvalue weighted by Crippen LogP contribution is 2.41. The summed E-state index contributed by atoms with van der Waals surface area (Å²) >= 11 is 0. The van der Waals surface area contributed by atoms with Crippen LogP contribution in [-0.4, -0.2) is 15.0 Å². The highest BCUT2D eigenvalue weighted by Gasteiger charge is 2.18. The van der Waals surface area contributed by atoms with Crippen molar-refractivity contribution in [3.05, 3.63) is 164 Å². The first-order valence-corrected chi connectivity index (χ1v) is 15.7. The van der Waals surface area contributed by atoms with Gasteiger partial charge in [-0.1, -0.05) is 121 Å². The lowest BCUT2D eigenvalue weighted by molar-refractivity contribution is 0.668. The number of benzene rings is 7. The summed E-state index contributed by atoms with van der Waals surface area (Å²) in [7, 11) is 0. The van der Waals surface area contributed by atoms with E-state index in [1.807, 2.05) is 78.9 Å². The SMILES string of the molecule is [2H]c1c([2H])c([2H])c(-c2c([2H])c(-c3ccc4c(c3)oc3cc(-c5nc(-c6ccccc6)nc(-c6ccccc6)n5)ccc34)c([2H])c3oc4c([2H])c([2H])c([2H])c([2H])c4c23)c([2H])c1[2H]. The van der Waals surface area contributed by atoms with E-state index in [4.69, 9.17) is 36.1 Å². The number of rotatable bonds is 5. The molecule has 0 bridgehead atoms. The van der Waals surface area contributed by atoms with E-state index in [1.54, 1.807) is 18.2 Å². The van der Waals surface area contributed by atoms with E-state index in [9.17, 15) is 2.74 Å². The number of nitrogens with zero attached hydrogens (tertiary/aromatic N) is 3. The molecule has 0 aliphatic heterocycles. The molecule has 0 N–H and O–H groups in total. The average Bonchev–Trinajstić information content (AvgIpc) is 3.87. The molecule has 10 rings (SSSR count). The molecule has 0 saturated heterocycles. The molecule has 234 valence electrons. The quantitative estimate of drug-likeness (QED) is 0.185. The summed E-state index contributed by atoms with van der Waals surface area (Å²) in [6.45, 7) is 0. The van der Waals surface area contributed by atoms with Crippen molar-refractivity contribution in [2.24, 2.45) is 0 Å². The molecule has 0 unspecified atom stereocenters. The first-order valence-electron chi connectivity index (χ1n) is 21.2. The fourth-order valence-electron chi connectivity index (χ4n) is 6.20. The van der Waals surface area contributed by atoms with Crippen LogP contribution in [0.5, 0.6) is 0 Å². The predicted molar refractivity (Wildman–Crippen MR) is 202 cm³/mol. The molecule has 10 aromatic rings. The normalized spacial score (nSPS) is 14.7. The Balaban J connectivity index is 1.19. The van der Waals surface area contributed by atoms with Crippen LogP contribution in [0.4, 0.5) is 0 Å². The van der Waals surface area contributed by atoms with Gasteiger partial charge in [-0.25, -0.2) is 15.0 Å². The lowest BCUT2D eigenvalue weighted by atomic mass is 9.94. The molecule has 0 aliphatic rings. The molecule has 0 spiro atoms. The van der Waals surface area contributed by atoms with Gasteiger partial charge in [0.1, 0.15) is 22.3 Å². The maximum Gasteiger partial charge on any atom is 0.164 e. The second-order valence-electron chi connectivity index (χ2n) is 11.6. The van der Waals surface area contributed by atoms with E-state index in [-0.39, 0.29) is 44.7 Å². The molecular formula is C45H27N3O2. The number of fused-ring (bicyclic) bond motifs is 6. The van der Waals surface area contributed by atoms with Gasteiger partial charge in [0.15, 0.2) is 17.5 Å².